The highest BCUT2D eigenvalue weighted by Gasteiger charge is 2.08. The molecule has 0 radical (unpaired) electrons. The molecule has 0 saturated heterocycles. The molecule has 0 heterocycles. The molecule has 94 valence electrons. The van der Waals surface area contributed by atoms with Gasteiger partial charge >= 0.3 is 0 Å². The van der Waals surface area contributed by atoms with Crippen LogP contribution in [0.1, 0.15) is 5.56 Å². The van der Waals surface area contributed by atoms with Crippen molar-refractivity contribution in [2.45, 2.75) is 16.3 Å². The Morgan fingerprint density at radius 1 is 1.17 bits per heavy atom. The molecule has 2 aromatic rings. The van der Waals surface area contributed by atoms with Gasteiger partial charge in [0.25, 0.3) is 0 Å². The molecule has 18 heavy (non-hydrogen) atoms. The zero-order valence-corrected chi connectivity index (χ0v) is 11.5. The van der Waals surface area contributed by atoms with Crippen molar-refractivity contribution >= 4 is 23.4 Å². The maximum atomic E-state index is 12.9. The number of hydrogen-bond acceptors (Lipinski definition) is 2. The lowest BCUT2D eigenvalue weighted by atomic mass is 10.2. The minimum absolute atomic E-state index is 0.228. The zero-order valence-electron chi connectivity index (χ0n) is 9.91. The van der Waals surface area contributed by atoms with Crippen LogP contribution in [0.3, 0.4) is 0 Å². The predicted octanol–water partition coefficient (Wildman–Crippen LogP) is 4.35. The third kappa shape index (κ3) is 3.25. The molecule has 0 aliphatic rings. The minimum atomic E-state index is -0.228. The smallest absolute Gasteiger partial charge is 0.123 e. The maximum Gasteiger partial charge on any atom is 0.123 e. The average Bonchev–Trinajstić information content (AvgIpc) is 2.36. The van der Waals surface area contributed by atoms with Gasteiger partial charge in [-0.05, 0) is 42.9 Å². The monoisotopic (exact) mass is 281 g/mol. The molecule has 0 bridgehead atoms. The summed E-state index contributed by atoms with van der Waals surface area (Å²) >= 11 is 7.77. The third-order valence-electron chi connectivity index (χ3n) is 2.45. The summed E-state index contributed by atoms with van der Waals surface area (Å²) in [6.07, 6.45) is 0. The summed E-state index contributed by atoms with van der Waals surface area (Å²) in [6, 6.07) is 12.3. The first-order chi connectivity index (χ1) is 8.70. The van der Waals surface area contributed by atoms with Crippen LogP contribution in [0.25, 0.3) is 0 Å². The molecule has 0 atom stereocenters. The van der Waals surface area contributed by atoms with Gasteiger partial charge in [0.2, 0.25) is 0 Å². The van der Waals surface area contributed by atoms with Crippen LogP contribution < -0.4 is 5.32 Å². The van der Waals surface area contributed by atoms with Crippen molar-refractivity contribution in [1.82, 2.24) is 5.32 Å². The number of benzene rings is 2. The Labute approximate surface area is 115 Å². The van der Waals surface area contributed by atoms with Gasteiger partial charge in [0.1, 0.15) is 5.82 Å². The quantitative estimate of drug-likeness (QED) is 0.894. The number of rotatable bonds is 4. The molecule has 0 unspecified atom stereocenters. The van der Waals surface area contributed by atoms with Gasteiger partial charge in [-0.1, -0.05) is 35.5 Å². The van der Waals surface area contributed by atoms with Gasteiger partial charge in [0.05, 0.1) is 5.02 Å². The Kier molecular flexibility index (Phi) is 4.64. The summed E-state index contributed by atoms with van der Waals surface area (Å²) in [4.78, 5) is 1.99. The molecular formula is C14H13ClFNS. The van der Waals surface area contributed by atoms with E-state index in [0.717, 1.165) is 26.9 Å². The van der Waals surface area contributed by atoms with E-state index in [-0.39, 0.29) is 5.82 Å². The Hall–Kier alpha value is -1.03. The van der Waals surface area contributed by atoms with Crippen molar-refractivity contribution in [3.63, 3.8) is 0 Å². The van der Waals surface area contributed by atoms with Gasteiger partial charge in [0.15, 0.2) is 0 Å². The third-order valence-corrected chi connectivity index (χ3v) is 4.07. The lowest BCUT2D eigenvalue weighted by Gasteiger charge is -2.10. The van der Waals surface area contributed by atoms with Gasteiger partial charge in [-0.2, -0.15) is 0 Å². The normalized spacial score (nSPS) is 10.6. The first-order valence-corrected chi connectivity index (χ1v) is 6.75. The first kappa shape index (κ1) is 13.4. The van der Waals surface area contributed by atoms with Crippen LogP contribution in [-0.4, -0.2) is 7.05 Å². The lowest BCUT2D eigenvalue weighted by molar-refractivity contribution is 0.626. The molecule has 1 nitrogen and oxygen atoms in total. The number of halogens is 2. The van der Waals surface area contributed by atoms with E-state index in [1.165, 1.54) is 12.1 Å². The van der Waals surface area contributed by atoms with E-state index in [1.807, 2.05) is 25.2 Å². The molecule has 0 aliphatic carbocycles. The van der Waals surface area contributed by atoms with Gasteiger partial charge in [-0.3, -0.25) is 0 Å². The van der Waals surface area contributed by atoms with Crippen LogP contribution in [-0.2, 0) is 6.54 Å². The maximum absolute atomic E-state index is 12.9. The van der Waals surface area contributed by atoms with Gasteiger partial charge in [0, 0.05) is 16.3 Å². The highest BCUT2D eigenvalue weighted by atomic mass is 35.5. The summed E-state index contributed by atoms with van der Waals surface area (Å²) in [5, 5.41) is 3.83. The topological polar surface area (TPSA) is 12.0 Å². The first-order valence-electron chi connectivity index (χ1n) is 5.56. The van der Waals surface area contributed by atoms with Gasteiger partial charge in [-0.25, -0.2) is 4.39 Å². The van der Waals surface area contributed by atoms with Gasteiger partial charge < -0.3 is 5.32 Å². The summed E-state index contributed by atoms with van der Waals surface area (Å²) < 4.78 is 12.9. The van der Waals surface area contributed by atoms with E-state index in [9.17, 15) is 4.39 Å². The van der Waals surface area contributed by atoms with Crippen molar-refractivity contribution < 1.29 is 4.39 Å². The molecule has 0 aromatic heterocycles. The Morgan fingerprint density at radius 2 is 1.89 bits per heavy atom. The van der Waals surface area contributed by atoms with Crippen molar-refractivity contribution in [2.75, 3.05) is 7.05 Å². The van der Waals surface area contributed by atoms with E-state index in [1.54, 1.807) is 23.9 Å². The van der Waals surface area contributed by atoms with Gasteiger partial charge in [-0.15, -0.1) is 0 Å². The van der Waals surface area contributed by atoms with Crippen LogP contribution in [0.15, 0.2) is 52.3 Å². The molecule has 0 fully saturated rings. The van der Waals surface area contributed by atoms with Crippen LogP contribution in [0.5, 0.6) is 0 Å². The molecule has 4 heteroatoms. The summed E-state index contributed by atoms with van der Waals surface area (Å²) in [5.74, 6) is -0.228. The second-order valence-electron chi connectivity index (χ2n) is 3.81. The van der Waals surface area contributed by atoms with Crippen LogP contribution in [0.2, 0.25) is 5.02 Å². The summed E-state index contributed by atoms with van der Waals surface area (Å²) in [5.41, 5.74) is 1.14. The molecule has 0 aliphatic heterocycles. The molecule has 1 N–H and O–H groups in total. The number of hydrogen-bond donors (Lipinski definition) is 1. The second-order valence-corrected chi connectivity index (χ2v) is 5.31. The summed E-state index contributed by atoms with van der Waals surface area (Å²) in [6.45, 7) is 0.754. The molecular weight excluding hydrogens is 269 g/mol. The fraction of sp³-hybridized carbons (Fsp3) is 0.143. The highest BCUT2D eigenvalue weighted by Crippen LogP contribution is 2.36. The fourth-order valence-corrected chi connectivity index (χ4v) is 2.87. The minimum Gasteiger partial charge on any atom is -0.316 e. The van der Waals surface area contributed by atoms with Crippen LogP contribution in [0.4, 0.5) is 4.39 Å². The standard InChI is InChI=1S/C14H13ClFNS/c1-17-9-10-3-2-4-13(15)14(10)18-12-7-5-11(16)6-8-12/h2-8,17H,9H2,1H3. The van der Waals surface area contributed by atoms with Crippen molar-refractivity contribution in [3.8, 4) is 0 Å². The Bertz CT molecular complexity index is 528. The molecule has 0 spiro atoms. The number of nitrogens with one attached hydrogen (secondary N) is 1. The SMILES string of the molecule is CNCc1cccc(Cl)c1Sc1ccc(F)cc1. The van der Waals surface area contributed by atoms with Crippen molar-refractivity contribution in [2.24, 2.45) is 0 Å². The lowest BCUT2D eigenvalue weighted by Crippen LogP contribution is -2.06. The van der Waals surface area contributed by atoms with Crippen molar-refractivity contribution in [3.05, 3.63) is 58.9 Å². The Balaban J connectivity index is 2.30. The van der Waals surface area contributed by atoms with Crippen LogP contribution >= 0.6 is 23.4 Å². The average molecular weight is 282 g/mol. The van der Waals surface area contributed by atoms with Crippen molar-refractivity contribution in [1.29, 1.82) is 0 Å². The fourth-order valence-electron chi connectivity index (χ4n) is 1.62. The second kappa shape index (κ2) is 6.23. The zero-order chi connectivity index (χ0) is 13.0. The molecule has 0 saturated carbocycles. The van der Waals surface area contributed by atoms with Crippen LogP contribution in [0, 0.1) is 5.82 Å². The molecule has 2 rings (SSSR count). The largest absolute Gasteiger partial charge is 0.316 e. The van der Waals surface area contributed by atoms with E-state index in [4.69, 9.17) is 11.6 Å². The van der Waals surface area contributed by atoms with E-state index >= 15 is 0 Å². The highest BCUT2D eigenvalue weighted by molar-refractivity contribution is 7.99. The summed E-state index contributed by atoms with van der Waals surface area (Å²) in [7, 11) is 1.90. The van der Waals surface area contributed by atoms with E-state index < -0.39 is 0 Å². The van der Waals surface area contributed by atoms with E-state index in [2.05, 4.69) is 5.32 Å². The molecule has 2 aromatic carbocycles. The predicted molar refractivity (Wildman–Crippen MR) is 74.7 cm³/mol. The molecule has 0 amide bonds. The Morgan fingerprint density at radius 3 is 2.56 bits per heavy atom. The van der Waals surface area contributed by atoms with E-state index in [0.29, 0.717) is 0 Å².